The zero-order valence-corrected chi connectivity index (χ0v) is 10.6. The van der Waals surface area contributed by atoms with Gasteiger partial charge in [-0.1, -0.05) is 0 Å². The summed E-state index contributed by atoms with van der Waals surface area (Å²) in [5.41, 5.74) is 5.94. The molecule has 3 N–H and O–H groups in total. The highest BCUT2D eigenvalue weighted by molar-refractivity contribution is 5.66. The number of pyridine rings is 2. The van der Waals surface area contributed by atoms with Crippen molar-refractivity contribution < 1.29 is 13.2 Å². The molecule has 7 heteroatoms. The molecule has 0 fully saturated rings. The van der Waals surface area contributed by atoms with Crippen LogP contribution in [0.1, 0.15) is 24.2 Å². The minimum atomic E-state index is -4.50. The van der Waals surface area contributed by atoms with Gasteiger partial charge >= 0.3 is 6.18 Å². The zero-order valence-electron chi connectivity index (χ0n) is 10.6. The van der Waals surface area contributed by atoms with Crippen molar-refractivity contribution in [3.05, 3.63) is 48.0 Å². The Kier molecular flexibility index (Phi) is 3.78. The van der Waals surface area contributed by atoms with Crippen LogP contribution in [0.2, 0.25) is 0 Å². The van der Waals surface area contributed by atoms with Crippen LogP contribution >= 0.6 is 0 Å². The lowest BCUT2D eigenvalue weighted by atomic mass is 10.1. The fraction of sp³-hybridized carbons (Fsp3) is 0.231. The van der Waals surface area contributed by atoms with Crippen LogP contribution in [0.25, 0.3) is 0 Å². The second-order valence-electron chi connectivity index (χ2n) is 4.30. The second-order valence-corrected chi connectivity index (χ2v) is 4.30. The molecule has 0 aliphatic rings. The first kappa shape index (κ1) is 14.1. The van der Waals surface area contributed by atoms with Crippen LogP contribution < -0.4 is 11.1 Å². The molecular weight excluding hydrogens is 269 g/mol. The standard InChI is InChI=1S/C13H13F3N4/c1-8(9-2-4-18-5-3-9)20-11-6-12(13(14,15)16)19-7-10(11)17/h2-8H,17H2,1H3,(H,19,20). The van der Waals surface area contributed by atoms with E-state index in [9.17, 15) is 13.2 Å². The molecule has 0 aliphatic heterocycles. The Hall–Kier alpha value is -2.31. The first-order chi connectivity index (χ1) is 9.38. The van der Waals surface area contributed by atoms with Crippen LogP contribution in [-0.4, -0.2) is 9.97 Å². The third-order valence-corrected chi connectivity index (χ3v) is 2.80. The summed E-state index contributed by atoms with van der Waals surface area (Å²) in [6.45, 7) is 1.82. The van der Waals surface area contributed by atoms with E-state index >= 15 is 0 Å². The summed E-state index contributed by atoms with van der Waals surface area (Å²) >= 11 is 0. The molecule has 0 bridgehead atoms. The Morgan fingerprint density at radius 2 is 1.90 bits per heavy atom. The largest absolute Gasteiger partial charge is 0.433 e. The molecule has 0 saturated heterocycles. The third-order valence-electron chi connectivity index (χ3n) is 2.80. The fourth-order valence-corrected chi connectivity index (χ4v) is 1.71. The molecule has 2 aromatic rings. The van der Waals surface area contributed by atoms with Crippen molar-refractivity contribution in [2.75, 3.05) is 11.1 Å². The molecule has 0 saturated carbocycles. The van der Waals surface area contributed by atoms with Gasteiger partial charge in [-0.05, 0) is 30.7 Å². The summed E-state index contributed by atoms with van der Waals surface area (Å²) in [5, 5.41) is 2.95. The lowest BCUT2D eigenvalue weighted by Crippen LogP contribution is -2.13. The maximum absolute atomic E-state index is 12.6. The van der Waals surface area contributed by atoms with Crippen LogP contribution in [0.3, 0.4) is 0 Å². The van der Waals surface area contributed by atoms with E-state index < -0.39 is 11.9 Å². The normalized spacial score (nSPS) is 13.0. The summed E-state index contributed by atoms with van der Waals surface area (Å²) in [6.07, 6.45) is -0.260. The first-order valence-electron chi connectivity index (χ1n) is 5.87. The topological polar surface area (TPSA) is 63.8 Å². The maximum Gasteiger partial charge on any atom is 0.433 e. The molecule has 0 radical (unpaired) electrons. The van der Waals surface area contributed by atoms with Crippen molar-refractivity contribution in [3.8, 4) is 0 Å². The SMILES string of the molecule is CC(Nc1cc(C(F)(F)F)ncc1N)c1ccncc1. The van der Waals surface area contributed by atoms with Gasteiger partial charge in [-0.2, -0.15) is 13.2 Å². The van der Waals surface area contributed by atoms with E-state index in [0.29, 0.717) is 0 Å². The maximum atomic E-state index is 12.6. The smallest absolute Gasteiger partial charge is 0.396 e. The second kappa shape index (κ2) is 5.36. The van der Waals surface area contributed by atoms with Gasteiger partial charge in [0.15, 0.2) is 0 Å². The van der Waals surface area contributed by atoms with Crippen molar-refractivity contribution in [3.63, 3.8) is 0 Å². The van der Waals surface area contributed by atoms with E-state index in [0.717, 1.165) is 17.8 Å². The number of nitrogens with one attached hydrogen (secondary N) is 1. The number of nitrogens with two attached hydrogens (primary N) is 1. The van der Waals surface area contributed by atoms with Crippen molar-refractivity contribution in [2.24, 2.45) is 0 Å². The summed E-state index contributed by atoms with van der Waals surface area (Å²) in [4.78, 5) is 7.18. The molecule has 4 nitrogen and oxygen atoms in total. The molecule has 2 heterocycles. The number of aromatic nitrogens is 2. The minimum Gasteiger partial charge on any atom is -0.396 e. The number of anilines is 2. The van der Waals surface area contributed by atoms with Crippen LogP contribution in [0.15, 0.2) is 36.8 Å². The Morgan fingerprint density at radius 3 is 2.50 bits per heavy atom. The third kappa shape index (κ3) is 3.17. The Balaban J connectivity index is 2.25. The Bertz CT molecular complexity index is 584. The molecule has 0 aromatic carbocycles. The van der Waals surface area contributed by atoms with Crippen molar-refractivity contribution in [1.29, 1.82) is 0 Å². The number of rotatable bonds is 3. The lowest BCUT2D eigenvalue weighted by Gasteiger charge is -2.18. The van der Waals surface area contributed by atoms with Crippen molar-refractivity contribution >= 4 is 11.4 Å². The van der Waals surface area contributed by atoms with Gasteiger partial charge < -0.3 is 11.1 Å². The molecule has 2 aromatic heterocycles. The average molecular weight is 282 g/mol. The van der Waals surface area contributed by atoms with E-state index in [1.165, 1.54) is 0 Å². The van der Waals surface area contributed by atoms with Gasteiger partial charge in [0.2, 0.25) is 0 Å². The molecule has 1 atom stereocenters. The first-order valence-corrected chi connectivity index (χ1v) is 5.87. The number of hydrogen-bond acceptors (Lipinski definition) is 4. The van der Waals surface area contributed by atoms with E-state index in [4.69, 9.17) is 5.73 Å². The number of halogens is 3. The fourth-order valence-electron chi connectivity index (χ4n) is 1.71. The molecule has 0 amide bonds. The summed E-state index contributed by atoms with van der Waals surface area (Å²) in [6, 6.07) is 4.26. The summed E-state index contributed by atoms with van der Waals surface area (Å²) in [5.74, 6) is 0. The molecule has 1 unspecified atom stereocenters. The zero-order chi connectivity index (χ0) is 14.8. The van der Waals surface area contributed by atoms with Gasteiger partial charge in [-0.3, -0.25) is 4.98 Å². The van der Waals surface area contributed by atoms with Gasteiger partial charge in [0.25, 0.3) is 0 Å². The summed E-state index contributed by atoms with van der Waals surface area (Å²) in [7, 11) is 0. The molecule has 0 aliphatic carbocycles. The predicted octanol–water partition coefficient (Wildman–Crippen LogP) is 3.25. The number of nitrogen functional groups attached to an aromatic ring is 1. The van der Waals surface area contributed by atoms with Gasteiger partial charge in [0, 0.05) is 18.4 Å². The highest BCUT2D eigenvalue weighted by atomic mass is 19.4. The molecule has 2 rings (SSSR count). The highest BCUT2D eigenvalue weighted by Gasteiger charge is 2.33. The minimum absolute atomic E-state index is 0.166. The van der Waals surface area contributed by atoms with Crippen LogP contribution in [0.5, 0.6) is 0 Å². The average Bonchev–Trinajstić information content (AvgIpc) is 2.41. The monoisotopic (exact) mass is 282 g/mol. The number of alkyl halides is 3. The molecular formula is C13H13F3N4. The van der Waals surface area contributed by atoms with Crippen molar-refractivity contribution in [1.82, 2.24) is 9.97 Å². The van der Waals surface area contributed by atoms with Gasteiger partial charge in [0.1, 0.15) is 5.69 Å². The Morgan fingerprint density at radius 1 is 1.25 bits per heavy atom. The van der Waals surface area contributed by atoms with Gasteiger partial charge in [-0.25, -0.2) is 4.98 Å². The van der Waals surface area contributed by atoms with E-state index in [-0.39, 0.29) is 17.4 Å². The van der Waals surface area contributed by atoms with Crippen LogP contribution in [0.4, 0.5) is 24.5 Å². The summed E-state index contributed by atoms with van der Waals surface area (Å²) < 4.78 is 37.9. The van der Waals surface area contributed by atoms with Gasteiger partial charge in [-0.15, -0.1) is 0 Å². The van der Waals surface area contributed by atoms with E-state index in [1.807, 2.05) is 6.92 Å². The van der Waals surface area contributed by atoms with E-state index in [1.54, 1.807) is 24.5 Å². The predicted molar refractivity (Wildman–Crippen MR) is 69.9 cm³/mol. The molecule has 106 valence electrons. The highest BCUT2D eigenvalue weighted by Crippen LogP contribution is 2.32. The van der Waals surface area contributed by atoms with E-state index in [2.05, 4.69) is 15.3 Å². The Labute approximate surface area is 113 Å². The number of hydrogen-bond donors (Lipinski definition) is 2. The van der Waals surface area contributed by atoms with Crippen LogP contribution in [-0.2, 0) is 6.18 Å². The quantitative estimate of drug-likeness (QED) is 0.907. The number of nitrogens with zero attached hydrogens (tertiary/aromatic N) is 2. The lowest BCUT2D eigenvalue weighted by molar-refractivity contribution is -0.141. The van der Waals surface area contributed by atoms with Crippen molar-refractivity contribution in [2.45, 2.75) is 19.1 Å². The molecule has 0 spiro atoms. The van der Waals surface area contributed by atoms with Crippen LogP contribution in [0, 0.1) is 0 Å². The molecule has 20 heavy (non-hydrogen) atoms. The van der Waals surface area contributed by atoms with Gasteiger partial charge in [0.05, 0.1) is 17.6 Å².